The fourth-order valence-corrected chi connectivity index (χ4v) is 3.50. The molecule has 1 aromatic heterocycles. The van der Waals surface area contributed by atoms with Crippen LogP contribution >= 0.6 is 15.9 Å². The van der Waals surface area contributed by atoms with Crippen molar-refractivity contribution in [1.29, 1.82) is 0 Å². The third-order valence-electron chi connectivity index (χ3n) is 4.12. The molecule has 0 bridgehead atoms. The molecule has 0 saturated carbocycles. The van der Waals surface area contributed by atoms with E-state index in [-0.39, 0.29) is 12.3 Å². The minimum Gasteiger partial charge on any atom is -0.483 e. The first kappa shape index (κ1) is 21.3. The number of halogens is 1. The molecule has 0 aliphatic carbocycles. The van der Waals surface area contributed by atoms with Crippen LogP contribution in [0.15, 0.2) is 62.5 Å². The fourth-order valence-electron chi connectivity index (χ4n) is 2.81. The summed E-state index contributed by atoms with van der Waals surface area (Å²) >= 11 is 3.42. The van der Waals surface area contributed by atoms with E-state index in [1.165, 1.54) is 18.3 Å². The number of benzene rings is 2. The van der Waals surface area contributed by atoms with Gasteiger partial charge in [0.2, 0.25) is 0 Å². The van der Waals surface area contributed by atoms with E-state index in [0.717, 1.165) is 15.6 Å². The number of amides is 1. The number of hydrogen-bond donors (Lipinski definition) is 1. The van der Waals surface area contributed by atoms with Crippen LogP contribution in [0.25, 0.3) is 11.3 Å². The minimum absolute atomic E-state index is 0.0253. The van der Waals surface area contributed by atoms with Gasteiger partial charge in [-0.05, 0) is 49.2 Å². The Morgan fingerprint density at radius 2 is 1.97 bits per heavy atom. The van der Waals surface area contributed by atoms with Crippen molar-refractivity contribution in [3.05, 3.63) is 80.0 Å². The Hall–Kier alpha value is -3.46. The topological polar surface area (TPSA) is 107 Å². The lowest BCUT2D eigenvalue weighted by Gasteiger charge is -2.11. The Morgan fingerprint density at radius 3 is 2.67 bits per heavy atom. The van der Waals surface area contributed by atoms with Crippen LogP contribution in [-0.4, -0.2) is 23.7 Å². The number of ether oxygens (including phenoxy) is 1. The van der Waals surface area contributed by atoms with Gasteiger partial charge in [0.05, 0.1) is 11.1 Å². The third kappa shape index (κ3) is 5.32. The first-order valence-electron chi connectivity index (χ1n) is 8.89. The molecule has 1 N–H and O–H groups in total. The molecule has 0 radical (unpaired) electrons. The summed E-state index contributed by atoms with van der Waals surface area (Å²) < 4.78 is 12.1. The highest BCUT2D eigenvalue weighted by molar-refractivity contribution is 9.10. The molecule has 2 aromatic carbocycles. The van der Waals surface area contributed by atoms with Crippen LogP contribution in [0.5, 0.6) is 5.75 Å². The summed E-state index contributed by atoms with van der Waals surface area (Å²) in [6, 6.07) is 13.3. The van der Waals surface area contributed by atoms with Gasteiger partial charge in [0.25, 0.3) is 11.6 Å². The third-order valence-corrected chi connectivity index (χ3v) is 4.58. The van der Waals surface area contributed by atoms with Crippen molar-refractivity contribution in [3.63, 3.8) is 0 Å². The van der Waals surface area contributed by atoms with Gasteiger partial charge in [0, 0.05) is 22.2 Å². The monoisotopic (exact) mass is 471 g/mol. The van der Waals surface area contributed by atoms with Crippen LogP contribution < -0.4 is 10.2 Å². The molecule has 0 unspecified atom stereocenters. The Morgan fingerprint density at radius 1 is 1.23 bits per heavy atom. The van der Waals surface area contributed by atoms with Gasteiger partial charge < -0.3 is 9.15 Å². The molecule has 154 valence electrons. The molecule has 0 atom stereocenters. The Kier molecular flexibility index (Phi) is 6.63. The SMILES string of the molecule is Cc1cc(Br)cc(C)c1OCC(=O)NN=Cc1ccc(-c2cccc([N+](=O)[O-])c2)o1. The first-order chi connectivity index (χ1) is 14.3. The van der Waals surface area contributed by atoms with Gasteiger partial charge in [-0.3, -0.25) is 14.9 Å². The van der Waals surface area contributed by atoms with Gasteiger partial charge in [-0.1, -0.05) is 28.1 Å². The number of nitrogens with one attached hydrogen (secondary N) is 1. The molecule has 3 aromatic rings. The number of rotatable bonds is 7. The second-order valence-corrected chi connectivity index (χ2v) is 7.38. The van der Waals surface area contributed by atoms with Crippen LogP contribution in [0.3, 0.4) is 0 Å². The van der Waals surface area contributed by atoms with E-state index in [0.29, 0.717) is 22.8 Å². The Labute approximate surface area is 180 Å². The summed E-state index contributed by atoms with van der Waals surface area (Å²) in [6.07, 6.45) is 1.34. The smallest absolute Gasteiger partial charge is 0.277 e. The summed E-state index contributed by atoms with van der Waals surface area (Å²) in [7, 11) is 0. The molecular weight excluding hydrogens is 454 g/mol. The quantitative estimate of drug-likeness (QED) is 0.303. The number of carbonyl (C=O) groups is 1. The number of nitro benzene ring substituents is 1. The molecule has 0 fully saturated rings. The van der Waals surface area contributed by atoms with Gasteiger partial charge in [-0.15, -0.1) is 0 Å². The van der Waals surface area contributed by atoms with Crippen molar-refractivity contribution in [2.24, 2.45) is 5.10 Å². The lowest BCUT2D eigenvalue weighted by molar-refractivity contribution is -0.384. The van der Waals surface area contributed by atoms with Crippen LogP contribution in [-0.2, 0) is 4.79 Å². The summed E-state index contributed by atoms with van der Waals surface area (Å²) in [6.45, 7) is 3.62. The van der Waals surface area contributed by atoms with E-state index < -0.39 is 10.8 Å². The number of carbonyl (C=O) groups excluding carboxylic acids is 1. The van der Waals surface area contributed by atoms with Crippen molar-refractivity contribution in [2.45, 2.75) is 13.8 Å². The molecule has 0 aliphatic heterocycles. The van der Waals surface area contributed by atoms with Gasteiger partial charge in [0.15, 0.2) is 6.61 Å². The van der Waals surface area contributed by atoms with Crippen LogP contribution in [0.2, 0.25) is 0 Å². The highest BCUT2D eigenvalue weighted by Crippen LogP contribution is 2.27. The predicted molar refractivity (Wildman–Crippen MR) is 116 cm³/mol. The fraction of sp³-hybridized carbons (Fsp3) is 0.143. The van der Waals surface area contributed by atoms with Crippen LogP contribution in [0.4, 0.5) is 5.69 Å². The number of nitrogens with zero attached hydrogens (tertiary/aromatic N) is 2. The highest BCUT2D eigenvalue weighted by atomic mass is 79.9. The molecule has 30 heavy (non-hydrogen) atoms. The Bertz CT molecular complexity index is 1100. The van der Waals surface area contributed by atoms with Crippen molar-refractivity contribution < 1.29 is 18.9 Å². The largest absolute Gasteiger partial charge is 0.483 e. The average molecular weight is 472 g/mol. The summed E-state index contributed by atoms with van der Waals surface area (Å²) in [5.74, 6) is 1.08. The number of nitro groups is 1. The lowest BCUT2D eigenvalue weighted by Crippen LogP contribution is -2.25. The number of hydrazone groups is 1. The van der Waals surface area contributed by atoms with E-state index >= 15 is 0 Å². The molecule has 0 aliphatic rings. The minimum atomic E-state index is -0.469. The molecule has 8 nitrogen and oxygen atoms in total. The molecule has 9 heteroatoms. The number of aryl methyl sites for hydroxylation is 2. The van der Waals surface area contributed by atoms with E-state index in [1.807, 2.05) is 26.0 Å². The lowest BCUT2D eigenvalue weighted by atomic mass is 10.1. The van der Waals surface area contributed by atoms with E-state index in [2.05, 4.69) is 26.5 Å². The summed E-state index contributed by atoms with van der Waals surface area (Å²) in [5.41, 5.74) is 4.76. The van der Waals surface area contributed by atoms with Crippen molar-refractivity contribution in [1.82, 2.24) is 5.43 Å². The van der Waals surface area contributed by atoms with Gasteiger partial charge in [0.1, 0.15) is 17.3 Å². The van der Waals surface area contributed by atoms with Crippen LogP contribution in [0, 0.1) is 24.0 Å². The van der Waals surface area contributed by atoms with Gasteiger partial charge in [-0.25, -0.2) is 5.43 Å². The van der Waals surface area contributed by atoms with Gasteiger partial charge >= 0.3 is 0 Å². The normalized spacial score (nSPS) is 10.9. The predicted octanol–water partition coefficient (Wildman–Crippen LogP) is 4.76. The number of hydrogen-bond acceptors (Lipinski definition) is 6. The molecule has 3 rings (SSSR count). The number of non-ortho nitro benzene ring substituents is 1. The van der Waals surface area contributed by atoms with Crippen molar-refractivity contribution >= 4 is 33.7 Å². The van der Waals surface area contributed by atoms with Crippen molar-refractivity contribution in [3.8, 4) is 17.1 Å². The maximum Gasteiger partial charge on any atom is 0.277 e. The highest BCUT2D eigenvalue weighted by Gasteiger charge is 2.10. The zero-order valence-electron chi connectivity index (χ0n) is 16.2. The summed E-state index contributed by atoms with van der Waals surface area (Å²) in [4.78, 5) is 22.4. The second-order valence-electron chi connectivity index (χ2n) is 6.46. The Balaban J connectivity index is 1.57. The van der Waals surface area contributed by atoms with Crippen LogP contribution in [0.1, 0.15) is 16.9 Å². The zero-order valence-corrected chi connectivity index (χ0v) is 17.8. The maximum absolute atomic E-state index is 12.0. The molecule has 0 saturated heterocycles. The first-order valence-corrected chi connectivity index (χ1v) is 9.69. The molecule has 1 heterocycles. The average Bonchev–Trinajstić information content (AvgIpc) is 3.16. The molecule has 1 amide bonds. The maximum atomic E-state index is 12.0. The van der Waals surface area contributed by atoms with E-state index in [4.69, 9.17) is 9.15 Å². The second kappa shape index (κ2) is 9.36. The van der Waals surface area contributed by atoms with Crippen molar-refractivity contribution in [2.75, 3.05) is 6.61 Å². The van der Waals surface area contributed by atoms with E-state index in [9.17, 15) is 14.9 Å². The zero-order chi connectivity index (χ0) is 21.7. The molecule has 0 spiro atoms. The van der Waals surface area contributed by atoms with Gasteiger partial charge in [-0.2, -0.15) is 5.10 Å². The van der Waals surface area contributed by atoms with E-state index in [1.54, 1.807) is 24.3 Å². The molecular formula is C21H18BrN3O5. The summed E-state index contributed by atoms with van der Waals surface area (Å²) in [5, 5.41) is 14.7. The number of furan rings is 1. The standard InChI is InChI=1S/C21H18BrN3O5/c1-13-8-16(22)9-14(2)21(13)29-12-20(26)24-23-11-18-6-7-19(30-18)15-4-3-5-17(10-15)25(27)28/h3-11H,12H2,1-2H3,(H,24,26).